The standard InChI is InChI=1S/C16H20FN3/c17-15-6-3-7-16(14(15)11-18)20-10-4-5-13(12-20)19-8-1-2-9-19/h3,6-7,13H,1-2,4-5,8-10,12H2/t13-/m1/s1. The fraction of sp³-hybridized carbons (Fsp3) is 0.562. The minimum absolute atomic E-state index is 0.189. The number of likely N-dealkylation sites (tertiary alicyclic amines) is 1. The summed E-state index contributed by atoms with van der Waals surface area (Å²) in [5.41, 5.74) is 0.950. The van der Waals surface area contributed by atoms with Gasteiger partial charge in [0.25, 0.3) is 0 Å². The number of benzene rings is 1. The van der Waals surface area contributed by atoms with Crippen molar-refractivity contribution in [3.05, 3.63) is 29.6 Å². The number of nitrogens with zero attached hydrogens (tertiary/aromatic N) is 3. The third-order valence-electron chi connectivity index (χ3n) is 4.50. The van der Waals surface area contributed by atoms with E-state index in [-0.39, 0.29) is 5.56 Å². The fourth-order valence-corrected chi connectivity index (χ4v) is 3.47. The Balaban J connectivity index is 1.80. The van der Waals surface area contributed by atoms with Gasteiger partial charge in [-0.1, -0.05) is 6.07 Å². The van der Waals surface area contributed by atoms with Crippen molar-refractivity contribution in [2.75, 3.05) is 31.1 Å². The average molecular weight is 273 g/mol. The van der Waals surface area contributed by atoms with Gasteiger partial charge in [-0.05, 0) is 50.9 Å². The molecule has 0 N–H and O–H groups in total. The molecule has 2 heterocycles. The number of hydrogen-bond acceptors (Lipinski definition) is 3. The number of halogens is 1. The quantitative estimate of drug-likeness (QED) is 0.830. The first-order valence-corrected chi connectivity index (χ1v) is 7.47. The van der Waals surface area contributed by atoms with Crippen molar-refractivity contribution in [2.24, 2.45) is 0 Å². The molecule has 0 saturated carbocycles. The highest BCUT2D eigenvalue weighted by molar-refractivity contribution is 5.60. The van der Waals surface area contributed by atoms with Crippen LogP contribution in [0.3, 0.4) is 0 Å². The summed E-state index contributed by atoms with van der Waals surface area (Å²) in [5, 5.41) is 9.18. The highest BCUT2D eigenvalue weighted by Crippen LogP contribution is 2.28. The molecule has 4 heteroatoms. The molecule has 0 aromatic heterocycles. The second-order valence-corrected chi connectivity index (χ2v) is 5.73. The van der Waals surface area contributed by atoms with Gasteiger partial charge in [-0.15, -0.1) is 0 Å². The van der Waals surface area contributed by atoms with Gasteiger partial charge in [-0.3, -0.25) is 4.90 Å². The van der Waals surface area contributed by atoms with Crippen molar-refractivity contribution >= 4 is 5.69 Å². The van der Waals surface area contributed by atoms with Crippen LogP contribution in [0.15, 0.2) is 18.2 Å². The average Bonchev–Trinajstić information content (AvgIpc) is 3.01. The smallest absolute Gasteiger partial charge is 0.143 e. The van der Waals surface area contributed by atoms with Crippen molar-refractivity contribution in [2.45, 2.75) is 31.7 Å². The lowest BCUT2D eigenvalue weighted by Gasteiger charge is -2.39. The van der Waals surface area contributed by atoms with E-state index in [4.69, 9.17) is 0 Å². The molecule has 2 saturated heterocycles. The Bertz CT molecular complexity index is 517. The van der Waals surface area contributed by atoms with E-state index in [1.54, 1.807) is 6.07 Å². The van der Waals surface area contributed by atoms with Crippen molar-refractivity contribution < 1.29 is 4.39 Å². The van der Waals surface area contributed by atoms with Gasteiger partial charge in [0, 0.05) is 19.1 Å². The van der Waals surface area contributed by atoms with E-state index in [1.165, 1.54) is 38.4 Å². The Hall–Kier alpha value is -1.60. The number of anilines is 1. The van der Waals surface area contributed by atoms with Crippen molar-refractivity contribution in [1.29, 1.82) is 5.26 Å². The summed E-state index contributed by atoms with van der Waals surface area (Å²) in [6.45, 7) is 4.21. The van der Waals surface area contributed by atoms with E-state index in [1.807, 2.05) is 12.1 Å². The highest BCUT2D eigenvalue weighted by atomic mass is 19.1. The molecule has 106 valence electrons. The third-order valence-corrected chi connectivity index (χ3v) is 4.50. The van der Waals surface area contributed by atoms with Gasteiger partial charge in [0.05, 0.1) is 5.69 Å². The van der Waals surface area contributed by atoms with Crippen LogP contribution in [0.2, 0.25) is 0 Å². The number of nitriles is 1. The van der Waals surface area contributed by atoms with Gasteiger partial charge in [0.15, 0.2) is 0 Å². The fourth-order valence-electron chi connectivity index (χ4n) is 3.47. The van der Waals surface area contributed by atoms with Gasteiger partial charge in [-0.2, -0.15) is 5.26 Å². The molecule has 20 heavy (non-hydrogen) atoms. The molecule has 2 aliphatic rings. The maximum absolute atomic E-state index is 13.7. The van der Waals surface area contributed by atoms with Crippen LogP contribution in [0, 0.1) is 17.1 Å². The Morgan fingerprint density at radius 2 is 1.95 bits per heavy atom. The highest BCUT2D eigenvalue weighted by Gasteiger charge is 2.28. The van der Waals surface area contributed by atoms with E-state index in [0.717, 1.165) is 25.2 Å². The summed E-state index contributed by atoms with van der Waals surface area (Å²) in [6.07, 6.45) is 4.91. The van der Waals surface area contributed by atoms with Crippen LogP contribution in [0.1, 0.15) is 31.2 Å². The van der Waals surface area contributed by atoms with Crippen molar-refractivity contribution in [3.63, 3.8) is 0 Å². The Morgan fingerprint density at radius 1 is 1.15 bits per heavy atom. The molecule has 0 aliphatic carbocycles. The van der Waals surface area contributed by atoms with E-state index in [9.17, 15) is 9.65 Å². The number of hydrogen-bond donors (Lipinski definition) is 0. The van der Waals surface area contributed by atoms with Crippen molar-refractivity contribution in [1.82, 2.24) is 4.90 Å². The van der Waals surface area contributed by atoms with Crippen LogP contribution in [-0.4, -0.2) is 37.1 Å². The minimum atomic E-state index is -0.409. The van der Waals surface area contributed by atoms with E-state index >= 15 is 0 Å². The molecule has 0 amide bonds. The Labute approximate surface area is 119 Å². The molecule has 1 aromatic rings. The summed E-state index contributed by atoms with van der Waals surface area (Å²) >= 11 is 0. The topological polar surface area (TPSA) is 30.3 Å². The summed E-state index contributed by atoms with van der Waals surface area (Å²) in [4.78, 5) is 4.74. The zero-order chi connectivity index (χ0) is 13.9. The maximum atomic E-state index is 13.7. The predicted molar refractivity (Wildman–Crippen MR) is 77.2 cm³/mol. The van der Waals surface area contributed by atoms with Gasteiger partial charge in [0.2, 0.25) is 0 Å². The normalized spacial score (nSPS) is 23.8. The second-order valence-electron chi connectivity index (χ2n) is 5.73. The summed E-state index contributed by atoms with van der Waals surface area (Å²) in [5.74, 6) is -0.409. The van der Waals surface area contributed by atoms with Crippen LogP contribution in [0.5, 0.6) is 0 Å². The number of rotatable bonds is 2. The molecule has 3 rings (SSSR count). The summed E-state index contributed by atoms with van der Waals surface area (Å²) in [7, 11) is 0. The Kier molecular flexibility index (Phi) is 3.88. The van der Waals surface area contributed by atoms with Crippen LogP contribution >= 0.6 is 0 Å². The Morgan fingerprint density at radius 3 is 2.70 bits per heavy atom. The lowest BCUT2D eigenvalue weighted by atomic mass is 10.0. The first-order valence-electron chi connectivity index (χ1n) is 7.47. The van der Waals surface area contributed by atoms with Crippen LogP contribution in [0.4, 0.5) is 10.1 Å². The van der Waals surface area contributed by atoms with Gasteiger partial charge in [0.1, 0.15) is 17.4 Å². The molecule has 2 fully saturated rings. The molecule has 0 radical (unpaired) electrons. The third kappa shape index (κ3) is 2.51. The molecule has 0 spiro atoms. The lowest BCUT2D eigenvalue weighted by Crippen LogP contribution is -2.47. The zero-order valence-corrected chi connectivity index (χ0v) is 11.7. The monoisotopic (exact) mass is 273 g/mol. The van der Waals surface area contributed by atoms with Crippen molar-refractivity contribution in [3.8, 4) is 6.07 Å². The molecule has 3 nitrogen and oxygen atoms in total. The number of piperidine rings is 1. The van der Waals surface area contributed by atoms with E-state index in [0.29, 0.717) is 6.04 Å². The molecule has 2 aliphatic heterocycles. The minimum Gasteiger partial charge on any atom is -0.369 e. The summed E-state index contributed by atoms with van der Waals surface area (Å²) < 4.78 is 13.7. The maximum Gasteiger partial charge on any atom is 0.143 e. The molecular formula is C16H20FN3. The predicted octanol–water partition coefficient (Wildman–Crippen LogP) is 2.76. The van der Waals surface area contributed by atoms with Crippen LogP contribution in [0.25, 0.3) is 0 Å². The van der Waals surface area contributed by atoms with Gasteiger partial charge >= 0.3 is 0 Å². The SMILES string of the molecule is N#Cc1c(F)cccc1N1CCC[C@@H](N2CCCC2)C1. The van der Waals surface area contributed by atoms with E-state index < -0.39 is 5.82 Å². The second kappa shape index (κ2) is 5.80. The summed E-state index contributed by atoms with van der Waals surface area (Å²) in [6, 6.07) is 7.51. The molecule has 0 bridgehead atoms. The van der Waals surface area contributed by atoms with Gasteiger partial charge in [-0.25, -0.2) is 4.39 Å². The molecular weight excluding hydrogens is 253 g/mol. The van der Waals surface area contributed by atoms with Gasteiger partial charge < -0.3 is 4.90 Å². The molecule has 0 unspecified atom stereocenters. The molecule has 1 aromatic carbocycles. The zero-order valence-electron chi connectivity index (χ0n) is 11.7. The first-order chi connectivity index (χ1) is 9.79. The largest absolute Gasteiger partial charge is 0.369 e. The van der Waals surface area contributed by atoms with Crippen LogP contribution in [-0.2, 0) is 0 Å². The first kappa shape index (κ1) is 13.4. The van der Waals surface area contributed by atoms with Crippen LogP contribution < -0.4 is 4.90 Å². The lowest BCUT2D eigenvalue weighted by molar-refractivity contribution is 0.215. The van der Waals surface area contributed by atoms with E-state index in [2.05, 4.69) is 9.80 Å². The molecule has 1 atom stereocenters.